The quantitative estimate of drug-likeness (QED) is 0.467. The molecule has 104 valence electrons. The third-order valence-corrected chi connectivity index (χ3v) is 2.12. The van der Waals surface area contributed by atoms with Crippen LogP contribution in [0.4, 0.5) is 14.5 Å². The van der Waals surface area contributed by atoms with Gasteiger partial charge in [0.05, 0.1) is 17.6 Å². The van der Waals surface area contributed by atoms with Crippen molar-refractivity contribution in [3.8, 4) is 5.75 Å². The molecular formula is C11H11F2NO5. The Bertz CT molecular complexity index is 506. The van der Waals surface area contributed by atoms with Gasteiger partial charge in [-0.15, -0.1) is 0 Å². The zero-order valence-corrected chi connectivity index (χ0v) is 10.2. The number of hydrogen-bond acceptors (Lipinski definition) is 5. The summed E-state index contributed by atoms with van der Waals surface area (Å²) in [5, 5.41) is 10.4. The Labute approximate surface area is 107 Å². The van der Waals surface area contributed by atoms with Crippen LogP contribution in [0.3, 0.4) is 0 Å². The zero-order valence-electron chi connectivity index (χ0n) is 10.2. The minimum atomic E-state index is -1.25. The molecule has 0 radical (unpaired) electrons. The molecule has 0 aliphatic rings. The van der Waals surface area contributed by atoms with Crippen LogP contribution < -0.4 is 4.74 Å². The standard InChI is InChI=1S/C11H11F2NO5/c1-3-18-11(15)6(2)19-10-5-7(12)9(14(16)17)4-8(10)13/h4-6H,3H2,1-2H3. The van der Waals surface area contributed by atoms with Crippen LogP contribution >= 0.6 is 0 Å². The van der Waals surface area contributed by atoms with E-state index in [2.05, 4.69) is 4.74 Å². The van der Waals surface area contributed by atoms with E-state index in [-0.39, 0.29) is 6.61 Å². The van der Waals surface area contributed by atoms with Gasteiger partial charge in [-0.2, -0.15) is 4.39 Å². The molecule has 1 aromatic rings. The lowest BCUT2D eigenvalue weighted by molar-refractivity contribution is -0.387. The zero-order chi connectivity index (χ0) is 14.6. The van der Waals surface area contributed by atoms with Crippen molar-refractivity contribution in [2.24, 2.45) is 0 Å². The molecule has 0 aliphatic heterocycles. The van der Waals surface area contributed by atoms with Gasteiger partial charge >= 0.3 is 11.7 Å². The predicted molar refractivity (Wildman–Crippen MR) is 59.7 cm³/mol. The van der Waals surface area contributed by atoms with Gasteiger partial charge in [0.1, 0.15) is 0 Å². The van der Waals surface area contributed by atoms with E-state index in [0.29, 0.717) is 12.1 Å². The second-order valence-corrected chi connectivity index (χ2v) is 3.50. The summed E-state index contributed by atoms with van der Waals surface area (Å²) in [7, 11) is 0. The second-order valence-electron chi connectivity index (χ2n) is 3.50. The second kappa shape index (κ2) is 6.07. The lowest BCUT2D eigenvalue weighted by Crippen LogP contribution is -2.26. The van der Waals surface area contributed by atoms with Crippen molar-refractivity contribution in [2.75, 3.05) is 6.61 Å². The molecule has 0 saturated heterocycles. The maximum atomic E-state index is 13.5. The molecule has 0 spiro atoms. The molecule has 0 N–H and O–H groups in total. The Morgan fingerprint density at radius 3 is 2.58 bits per heavy atom. The molecule has 0 fully saturated rings. The summed E-state index contributed by atoms with van der Waals surface area (Å²) in [5.41, 5.74) is -1.01. The summed E-state index contributed by atoms with van der Waals surface area (Å²) in [6.45, 7) is 2.98. The molecular weight excluding hydrogens is 264 g/mol. The number of carbonyl (C=O) groups is 1. The fourth-order valence-electron chi connectivity index (χ4n) is 1.25. The maximum absolute atomic E-state index is 13.5. The molecule has 0 saturated carbocycles. The van der Waals surface area contributed by atoms with Gasteiger partial charge in [-0.05, 0) is 13.8 Å². The van der Waals surface area contributed by atoms with Crippen LogP contribution in [0.25, 0.3) is 0 Å². The molecule has 8 heteroatoms. The topological polar surface area (TPSA) is 78.7 Å². The number of nitro groups is 1. The van der Waals surface area contributed by atoms with Gasteiger partial charge in [0, 0.05) is 6.07 Å². The first-order valence-corrected chi connectivity index (χ1v) is 5.33. The number of hydrogen-bond donors (Lipinski definition) is 0. The van der Waals surface area contributed by atoms with Gasteiger partial charge in [-0.3, -0.25) is 10.1 Å². The van der Waals surface area contributed by atoms with Crippen LogP contribution in [0, 0.1) is 21.7 Å². The molecule has 19 heavy (non-hydrogen) atoms. The van der Waals surface area contributed by atoms with Crippen molar-refractivity contribution in [3.05, 3.63) is 33.9 Å². The van der Waals surface area contributed by atoms with Gasteiger partial charge in [0.2, 0.25) is 5.82 Å². The molecule has 1 rings (SSSR count). The van der Waals surface area contributed by atoms with E-state index in [9.17, 15) is 23.7 Å². The normalized spacial score (nSPS) is 11.8. The molecule has 1 unspecified atom stereocenters. The van der Waals surface area contributed by atoms with Crippen LogP contribution in [0.2, 0.25) is 0 Å². The number of benzene rings is 1. The summed E-state index contributed by atoms with van der Waals surface area (Å²) in [6.07, 6.45) is -1.16. The lowest BCUT2D eigenvalue weighted by Gasteiger charge is -2.13. The highest BCUT2D eigenvalue weighted by atomic mass is 19.1. The smallest absolute Gasteiger partial charge is 0.347 e. The highest BCUT2D eigenvalue weighted by Gasteiger charge is 2.23. The number of ether oxygens (including phenoxy) is 2. The monoisotopic (exact) mass is 275 g/mol. The van der Waals surface area contributed by atoms with E-state index in [1.165, 1.54) is 6.92 Å². The Hall–Kier alpha value is -2.25. The summed E-state index contributed by atoms with van der Waals surface area (Å²) in [5.74, 6) is -3.73. The van der Waals surface area contributed by atoms with E-state index in [0.717, 1.165) is 0 Å². The SMILES string of the molecule is CCOC(=O)C(C)Oc1cc(F)c([N+](=O)[O-])cc1F. The van der Waals surface area contributed by atoms with Crippen molar-refractivity contribution >= 4 is 11.7 Å². The van der Waals surface area contributed by atoms with Crippen molar-refractivity contribution in [1.82, 2.24) is 0 Å². The van der Waals surface area contributed by atoms with Crippen molar-refractivity contribution in [1.29, 1.82) is 0 Å². The Balaban J connectivity index is 2.94. The number of carbonyl (C=O) groups excluding carboxylic acids is 1. The van der Waals surface area contributed by atoms with Gasteiger partial charge < -0.3 is 9.47 Å². The van der Waals surface area contributed by atoms with Gasteiger partial charge in [-0.1, -0.05) is 0 Å². The van der Waals surface area contributed by atoms with Crippen LogP contribution in [0.5, 0.6) is 5.75 Å². The largest absolute Gasteiger partial charge is 0.476 e. The molecule has 1 aromatic carbocycles. The average molecular weight is 275 g/mol. The number of nitro benzene ring substituents is 1. The summed E-state index contributed by atoms with van der Waals surface area (Å²) in [6, 6.07) is 0.908. The molecule has 0 amide bonds. The van der Waals surface area contributed by atoms with Gasteiger partial charge in [0.25, 0.3) is 0 Å². The maximum Gasteiger partial charge on any atom is 0.347 e. The molecule has 0 heterocycles. The first kappa shape index (κ1) is 14.8. The third-order valence-electron chi connectivity index (χ3n) is 2.12. The highest BCUT2D eigenvalue weighted by molar-refractivity contribution is 5.74. The fraction of sp³-hybridized carbons (Fsp3) is 0.364. The van der Waals surface area contributed by atoms with Crippen molar-refractivity contribution < 1.29 is 28.0 Å². The Kier molecular flexibility index (Phi) is 4.74. The molecule has 0 aliphatic carbocycles. The van der Waals surface area contributed by atoms with Crippen molar-refractivity contribution in [2.45, 2.75) is 20.0 Å². The number of halogens is 2. The first-order valence-electron chi connectivity index (χ1n) is 5.33. The Morgan fingerprint density at radius 1 is 1.42 bits per heavy atom. The summed E-state index contributed by atoms with van der Waals surface area (Å²) >= 11 is 0. The van der Waals surface area contributed by atoms with Crippen LogP contribution in [0.15, 0.2) is 12.1 Å². The minimum Gasteiger partial charge on any atom is -0.476 e. The van der Waals surface area contributed by atoms with E-state index < -0.39 is 40.1 Å². The van der Waals surface area contributed by atoms with Crippen LogP contribution in [-0.2, 0) is 9.53 Å². The minimum absolute atomic E-state index is 0.115. The molecule has 1 atom stereocenters. The molecule has 6 nitrogen and oxygen atoms in total. The number of rotatable bonds is 5. The third kappa shape index (κ3) is 3.60. The van der Waals surface area contributed by atoms with Crippen LogP contribution in [0.1, 0.15) is 13.8 Å². The van der Waals surface area contributed by atoms with Crippen LogP contribution in [-0.4, -0.2) is 23.6 Å². The van der Waals surface area contributed by atoms with Gasteiger partial charge in [-0.25, -0.2) is 9.18 Å². The van der Waals surface area contributed by atoms with E-state index in [4.69, 9.17) is 4.74 Å². The summed E-state index contributed by atoms with van der Waals surface area (Å²) < 4.78 is 36.2. The predicted octanol–water partition coefficient (Wildman–Crippen LogP) is 2.20. The van der Waals surface area contributed by atoms with E-state index >= 15 is 0 Å². The Morgan fingerprint density at radius 2 is 2.05 bits per heavy atom. The summed E-state index contributed by atoms with van der Waals surface area (Å²) in [4.78, 5) is 20.6. The fourth-order valence-corrected chi connectivity index (χ4v) is 1.25. The van der Waals surface area contributed by atoms with E-state index in [1.54, 1.807) is 6.92 Å². The highest BCUT2D eigenvalue weighted by Crippen LogP contribution is 2.27. The van der Waals surface area contributed by atoms with E-state index in [1.807, 2.05) is 0 Å². The van der Waals surface area contributed by atoms with Crippen molar-refractivity contribution in [3.63, 3.8) is 0 Å². The first-order chi connectivity index (χ1) is 8.86. The molecule has 0 aromatic heterocycles. The lowest BCUT2D eigenvalue weighted by atomic mass is 10.2. The molecule has 0 bridgehead atoms. The number of nitrogens with zero attached hydrogens (tertiary/aromatic N) is 1. The average Bonchev–Trinajstić information content (AvgIpc) is 2.33. The number of esters is 1. The van der Waals surface area contributed by atoms with Gasteiger partial charge in [0.15, 0.2) is 17.7 Å².